The van der Waals surface area contributed by atoms with Crippen molar-refractivity contribution in [1.82, 2.24) is 9.62 Å². The standard InChI is InChI=1S/C5H11N2O2S/c1-10(8,9)7-4-2-6-3-5-7/h6H,1-5H2. The van der Waals surface area contributed by atoms with Gasteiger partial charge in [0, 0.05) is 26.2 Å². The first-order valence-corrected chi connectivity index (χ1v) is 4.75. The fourth-order valence-corrected chi connectivity index (χ4v) is 1.66. The molecular formula is C5H11N2O2S. The Kier molecular flexibility index (Phi) is 2.28. The molecule has 1 N–H and O–H groups in total. The summed E-state index contributed by atoms with van der Waals surface area (Å²) in [6.07, 6.45) is 3.06. The number of sulfonamides is 1. The summed E-state index contributed by atoms with van der Waals surface area (Å²) in [5, 5.41) is 3.05. The van der Waals surface area contributed by atoms with Gasteiger partial charge in [0.25, 0.3) is 0 Å². The molecule has 10 heavy (non-hydrogen) atoms. The van der Waals surface area contributed by atoms with Crippen molar-refractivity contribution in [3.8, 4) is 0 Å². The monoisotopic (exact) mass is 163 g/mol. The van der Waals surface area contributed by atoms with Gasteiger partial charge in [-0.2, -0.15) is 4.31 Å². The zero-order chi connectivity index (χ0) is 7.61. The van der Waals surface area contributed by atoms with Crippen LogP contribution in [0.1, 0.15) is 0 Å². The van der Waals surface area contributed by atoms with Gasteiger partial charge < -0.3 is 5.32 Å². The van der Waals surface area contributed by atoms with Gasteiger partial charge in [-0.05, 0) is 0 Å². The van der Waals surface area contributed by atoms with Gasteiger partial charge in [0.05, 0.1) is 6.26 Å². The molecule has 0 bridgehead atoms. The van der Waals surface area contributed by atoms with E-state index in [-0.39, 0.29) is 0 Å². The zero-order valence-electron chi connectivity index (χ0n) is 5.71. The van der Waals surface area contributed by atoms with Crippen molar-refractivity contribution < 1.29 is 8.42 Å². The third-order valence-electron chi connectivity index (χ3n) is 1.47. The molecule has 5 heteroatoms. The van der Waals surface area contributed by atoms with Crippen LogP contribution in [0.4, 0.5) is 0 Å². The molecular weight excluding hydrogens is 152 g/mol. The van der Waals surface area contributed by atoms with Crippen LogP contribution in [-0.4, -0.2) is 38.9 Å². The van der Waals surface area contributed by atoms with Gasteiger partial charge in [-0.3, -0.25) is 0 Å². The maximum atomic E-state index is 10.8. The van der Waals surface area contributed by atoms with Crippen molar-refractivity contribution in [3.63, 3.8) is 0 Å². The first-order chi connectivity index (χ1) is 4.61. The number of nitrogens with one attached hydrogen (secondary N) is 1. The molecule has 0 saturated carbocycles. The largest absolute Gasteiger partial charge is 0.314 e. The van der Waals surface area contributed by atoms with Crippen LogP contribution in [0.25, 0.3) is 0 Å². The number of hydrogen-bond donors (Lipinski definition) is 1. The number of hydrogen-bond acceptors (Lipinski definition) is 3. The fraction of sp³-hybridized carbons (Fsp3) is 0.800. The van der Waals surface area contributed by atoms with E-state index in [9.17, 15) is 8.42 Å². The maximum Gasteiger partial charge on any atom is 0.215 e. The van der Waals surface area contributed by atoms with Crippen molar-refractivity contribution >= 4 is 10.0 Å². The summed E-state index contributed by atoms with van der Waals surface area (Å²) in [4.78, 5) is 0. The molecule has 0 amide bonds. The number of nitrogens with zero attached hydrogens (tertiary/aromatic N) is 1. The third-order valence-corrected chi connectivity index (χ3v) is 2.62. The van der Waals surface area contributed by atoms with E-state index < -0.39 is 10.0 Å². The fourth-order valence-electron chi connectivity index (χ4n) is 0.922. The van der Waals surface area contributed by atoms with Gasteiger partial charge in [-0.15, -0.1) is 0 Å². The Morgan fingerprint density at radius 1 is 1.30 bits per heavy atom. The SMILES string of the molecule is [CH2]S(=O)(=O)N1CCNCC1. The molecule has 0 aromatic heterocycles. The van der Waals surface area contributed by atoms with Crippen LogP contribution in [0.2, 0.25) is 0 Å². The molecule has 1 saturated heterocycles. The van der Waals surface area contributed by atoms with Crippen LogP contribution < -0.4 is 5.32 Å². The summed E-state index contributed by atoms with van der Waals surface area (Å²) in [5.41, 5.74) is 0. The summed E-state index contributed by atoms with van der Waals surface area (Å²) in [7, 11) is -3.18. The van der Waals surface area contributed by atoms with Crippen molar-refractivity contribution in [1.29, 1.82) is 0 Å². The molecule has 1 heterocycles. The minimum Gasteiger partial charge on any atom is -0.314 e. The lowest BCUT2D eigenvalue weighted by Crippen LogP contribution is -2.45. The van der Waals surface area contributed by atoms with Crippen molar-refractivity contribution in [2.45, 2.75) is 0 Å². The van der Waals surface area contributed by atoms with E-state index >= 15 is 0 Å². The Hall–Kier alpha value is -0.130. The van der Waals surface area contributed by atoms with E-state index in [1.54, 1.807) is 0 Å². The molecule has 0 aliphatic carbocycles. The highest BCUT2D eigenvalue weighted by atomic mass is 32.2. The second kappa shape index (κ2) is 2.86. The quantitative estimate of drug-likeness (QED) is 0.540. The van der Waals surface area contributed by atoms with Gasteiger partial charge in [-0.1, -0.05) is 0 Å². The lowest BCUT2D eigenvalue weighted by molar-refractivity contribution is 0.364. The topological polar surface area (TPSA) is 49.4 Å². The molecule has 1 radical (unpaired) electrons. The lowest BCUT2D eigenvalue weighted by Gasteiger charge is -2.24. The molecule has 0 atom stereocenters. The predicted molar refractivity (Wildman–Crippen MR) is 38.7 cm³/mol. The summed E-state index contributed by atoms with van der Waals surface area (Å²) in [6, 6.07) is 0. The van der Waals surface area contributed by atoms with Crippen LogP contribution in [-0.2, 0) is 10.0 Å². The summed E-state index contributed by atoms with van der Waals surface area (Å²) in [6.45, 7) is 2.56. The Balaban J connectivity index is 2.56. The average Bonchev–Trinajstić information content (AvgIpc) is 1.88. The van der Waals surface area contributed by atoms with Crippen molar-refractivity contribution in [2.24, 2.45) is 0 Å². The smallest absolute Gasteiger partial charge is 0.215 e. The highest BCUT2D eigenvalue weighted by Crippen LogP contribution is 1.99. The van der Waals surface area contributed by atoms with E-state index in [0.717, 1.165) is 13.1 Å². The third kappa shape index (κ3) is 1.93. The van der Waals surface area contributed by atoms with Gasteiger partial charge in [0.1, 0.15) is 0 Å². The average molecular weight is 163 g/mol. The molecule has 59 valence electrons. The van der Waals surface area contributed by atoms with E-state index in [0.29, 0.717) is 13.1 Å². The number of piperazine rings is 1. The van der Waals surface area contributed by atoms with E-state index in [2.05, 4.69) is 11.6 Å². The second-order valence-electron chi connectivity index (χ2n) is 2.26. The van der Waals surface area contributed by atoms with E-state index in [1.165, 1.54) is 4.31 Å². The van der Waals surface area contributed by atoms with Crippen LogP contribution in [0.3, 0.4) is 0 Å². The van der Waals surface area contributed by atoms with Gasteiger partial charge in [0.15, 0.2) is 0 Å². The predicted octanol–water partition coefficient (Wildman–Crippen LogP) is -0.987. The molecule has 1 aliphatic rings. The summed E-state index contributed by atoms with van der Waals surface area (Å²) in [5.74, 6) is 0. The van der Waals surface area contributed by atoms with Gasteiger partial charge in [-0.25, -0.2) is 8.42 Å². The normalized spacial score (nSPS) is 22.9. The molecule has 1 fully saturated rings. The highest BCUT2D eigenvalue weighted by molar-refractivity contribution is 7.90. The molecule has 1 aliphatic heterocycles. The van der Waals surface area contributed by atoms with Crippen LogP contribution in [0, 0.1) is 6.26 Å². The van der Waals surface area contributed by atoms with Crippen LogP contribution >= 0.6 is 0 Å². The van der Waals surface area contributed by atoms with Crippen molar-refractivity contribution in [3.05, 3.63) is 6.26 Å². The highest BCUT2D eigenvalue weighted by Gasteiger charge is 2.18. The Bertz CT molecular complexity index is 194. The number of rotatable bonds is 1. The maximum absolute atomic E-state index is 10.8. The van der Waals surface area contributed by atoms with E-state index in [4.69, 9.17) is 0 Å². The Morgan fingerprint density at radius 3 is 2.10 bits per heavy atom. The summed E-state index contributed by atoms with van der Waals surface area (Å²) < 4.78 is 22.9. The second-order valence-corrected chi connectivity index (χ2v) is 3.94. The lowest BCUT2D eigenvalue weighted by atomic mass is 10.4. The zero-order valence-corrected chi connectivity index (χ0v) is 6.52. The van der Waals surface area contributed by atoms with Crippen LogP contribution in [0.15, 0.2) is 0 Å². The first-order valence-electron chi connectivity index (χ1n) is 3.14. The van der Waals surface area contributed by atoms with Gasteiger partial charge >= 0.3 is 0 Å². The van der Waals surface area contributed by atoms with E-state index in [1.807, 2.05) is 0 Å². The molecule has 4 nitrogen and oxygen atoms in total. The molecule has 0 unspecified atom stereocenters. The molecule has 0 aromatic rings. The minimum absolute atomic E-state index is 0.547. The summed E-state index contributed by atoms with van der Waals surface area (Å²) >= 11 is 0. The van der Waals surface area contributed by atoms with Crippen molar-refractivity contribution in [2.75, 3.05) is 26.2 Å². The Labute approximate surface area is 61.3 Å². The van der Waals surface area contributed by atoms with Gasteiger partial charge in [0.2, 0.25) is 10.0 Å². The molecule has 0 spiro atoms. The molecule has 0 aromatic carbocycles. The first kappa shape index (κ1) is 7.97. The van der Waals surface area contributed by atoms with Crippen LogP contribution in [0.5, 0.6) is 0 Å². The minimum atomic E-state index is -3.18. The Morgan fingerprint density at radius 2 is 1.80 bits per heavy atom. The molecule has 1 rings (SSSR count).